The third-order valence-electron chi connectivity index (χ3n) is 5.37. The Hall–Kier alpha value is -2.20. The van der Waals surface area contributed by atoms with Crippen LogP contribution in [-0.2, 0) is 32.1 Å². The van der Waals surface area contributed by atoms with Crippen LogP contribution in [0.25, 0.3) is 0 Å². The zero-order valence-electron chi connectivity index (χ0n) is 22.9. The van der Waals surface area contributed by atoms with Crippen molar-refractivity contribution >= 4 is 87.0 Å². The molecule has 0 aromatic heterocycles. The van der Waals surface area contributed by atoms with Crippen molar-refractivity contribution in [1.29, 1.82) is 0 Å². The van der Waals surface area contributed by atoms with E-state index in [2.05, 4.69) is 90.0 Å². The van der Waals surface area contributed by atoms with E-state index in [1.54, 1.807) is 14.2 Å². The number of benzene rings is 2. The smallest absolute Gasteiger partial charge is 0.269 e. The largest absolute Gasteiger partial charge is 0.494 e. The van der Waals surface area contributed by atoms with Crippen molar-refractivity contribution in [2.45, 2.75) is 12.8 Å². The van der Waals surface area contributed by atoms with Crippen molar-refractivity contribution in [3.63, 3.8) is 0 Å². The summed E-state index contributed by atoms with van der Waals surface area (Å²) in [6.45, 7) is 1.66. The summed E-state index contributed by atoms with van der Waals surface area (Å²) in [6.07, 6.45) is 0.520. The zero-order chi connectivity index (χ0) is 30.4. The Bertz CT molecular complexity index is 1130. The van der Waals surface area contributed by atoms with Crippen LogP contribution in [-0.4, -0.2) is 77.9 Å². The molecule has 0 unspecified atom stereocenters. The summed E-state index contributed by atoms with van der Waals surface area (Å²) in [4.78, 5) is 35.1. The molecule has 2 aromatic carbocycles. The summed E-state index contributed by atoms with van der Waals surface area (Å²) in [5, 5.41) is 16.6. The lowest BCUT2D eigenvalue weighted by molar-refractivity contribution is -0.115. The van der Waals surface area contributed by atoms with E-state index in [0.717, 1.165) is 29.0 Å². The maximum Gasteiger partial charge on any atom is 0.269 e. The number of rotatable bonds is 16. The van der Waals surface area contributed by atoms with Crippen molar-refractivity contribution in [2.75, 3.05) is 54.6 Å². The van der Waals surface area contributed by atoms with Gasteiger partial charge in [-0.25, -0.2) is 0 Å². The normalized spacial score (nSPS) is 11.6. The van der Waals surface area contributed by atoms with Gasteiger partial charge in [-0.05, 0) is 99.1 Å². The highest BCUT2D eigenvalue weighted by Gasteiger charge is 2.17. The molecule has 15 heteroatoms. The molecule has 0 aliphatic heterocycles. The van der Waals surface area contributed by atoms with Crippen molar-refractivity contribution in [3.05, 3.63) is 53.3 Å². The van der Waals surface area contributed by atoms with E-state index in [1.165, 1.54) is 14.2 Å². The van der Waals surface area contributed by atoms with Gasteiger partial charge < -0.3 is 35.1 Å². The maximum absolute atomic E-state index is 12.7. The van der Waals surface area contributed by atoms with Gasteiger partial charge in [-0.1, -0.05) is 10.3 Å². The highest BCUT2D eigenvalue weighted by atomic mass is 79.9. The molecule has 0 spiro atoms. The number of nitrogens with zero attached hydrogens (tertiary/aromatic N) is 2. The van der Waals surface area contributed by atoms with E-state index in [9.17, 15) is 9.59 Å². The molecule has 0 saturated heterocycles. The molecule has 2 aromatic rings. The molecular weight excluding hydrogens is 798 g/mol. The second-order valence-corrected chi connectivity index (χ2v) is 11.7. The lowest BCUT2D eigenvalue weighted by atomic mass is 10.1. The highest BCUT2D eigenvalue weighted by Crippen LogP contribution is 2.35. The summed E-state index contributed by atoms with van der Waals surface area (Å²) in [5.74, 6) is 0.628. The molecule has 0 fully saturated rings. The predicted octanol–water partition coefficient (Wildman–Crippen LogP) is 4.37. The van der Waals surface area contributed by atoms with Gasteiger partial charge in [-0.15, -0.1) is 0 Å². The average molecular weight is 829 g/mol. The van der Waals surface area contributed by atoms with Crippen LogP contribution in [0, 0.1) is 0 Å². The summed E-state index contributed by atoms with van der Waals surface area (Å²) in [6, 6.07) is 7.43. The number of ether oxygens (including phenoxy) is 2. The Kier molecular flexibility index (Phi) is 15.7. The van der Waals surface area contributed by atoms with E-state index in [4.69, 9.17) is 19.1 Å². The second kappa shape index (κ2) is 18.4. The monoisotopic (exact) mass is 825 g/mol. The zero-order valence-corrected chi connectivity index (χ0v) is 29.3. The van der Waals surface area contributed by atoms with Gasteiger partial charge in [0.1, 0.15) is 37.1 Å². The van der Waals surface area contributed by atoms with Crippen molar-refractivity contribution in [3.8, 4) is 11.5 Å². The quantitative estimate of drug-likeness (QED) is 0.130. The number of methoxy groups -OCH3 is 2. The molecule has 0 saturated carbocycles. The standard InChI is InChI=1S/C26H31Br4N5O6/c1-38-23-17(27)9-15(10-18(23)28)13-21(34-40-3)25(36)32-7-5-31-6-8-33-26(37)22(35-41-4)14-16-11-19(29)24(39-2)20(30)12-16/h9-12,31H,5-8,13-14H2,1-4H3,(H,32,36)(H,33,37)/b34-21+,35-22+. The van der Waals surface area contributed by atoms with E-state index >= 15 is 0 Å². The van der Waals surface area contributed by atoms with Crippen LogP contribution >= 0.6 is 63.7 Å². The third-order valence-corrected chi connectivity index (χ3v) is 7.73. The molecule has 0 bridgehead atoms. The summed E-state index contributed by atoms with van der Waals surface area (Å²) in [7, 11) is 5.93. The molecular formula is C26H31Br4N5O6. The molecule has 0 radical (unpaired) electrons. The van der Waals surface area contributed by atoms with Crippen molar-refractivity contribution < 1.29 is 28.7 Å². The van der Waals surface area contributed by atoms with E-state index in [-0.39, 0.29) is 36.1 Å². The molecule has 2 amide bonds. The van der Waals surface area contributed by atoms with Gasteiger partial charge in [0.15, 0.2) is 0 Å². The molecule has 0 heterocycles. The van der Waals surface area contributed by atoms with Crippen LogP contribution in [0.5, 0.6) is 11.5 Å². The average Bonchev–Trinajstić information content (AvgIpc) is 2.91. The predicted molar refractivity (Wildman–Crippen MR) is 172 cm³/mol. The molecule has 0 aliphatic rings. The van der Waals surface area contributed by atoms with Crippen LogP contribution in [0.15, 0.2) is 52.5 Å². The Balaban J connectivity index is 1.78. The summed E-state index contributed by atoms with van der Waals surface area (Å²) in [5.41, 5.74) is 2.13. The lowest BCUT2D eigenvalue weighted by Gasteiger charge is -2.12. The fraction of sp³-hybridized carbons (Fsp3) is 0.385. The van der Waals surface area contributed by atoms with E-state index in [0.29, 0.717) is 37.7 Å². The number of hydrogen-bond acceptors (Lipinski definition) is 9. The van der Waals surface area contributed by atoms with Crippen LogP contribution in [0.1, 0.15) is 11.1 Å². The molecule has 0 atom stereocenters. The third kappa shape index (κ3) is 11.2. The number of halogens is 4. The van der Waals surface area contributed by atoms with Gasteiger partial charge >= 0.3 is 0 Å². The molecule has 0 aliphatic carbocycles. The minimum absolute atomic E-state index is 0.226. The van der Waals surface area contributed by atoms with Gasteiger partial charge in [0.2, 0.25) is 0 Å². The topological polar surface area (TPSA) is 132 Å². The number of carbonyl (C=O) groups excluding carboxylic acids is 2. The van der Waals surface area contributed by atoms with Gasteiger partial charge in [0.25, 0.3) is 11.8 Å². The van der Waals surface area contributed by atoms with Gasteiger partial charge in [-0.3, -0.25) is 9.59 Å². The lowest BCUT2D eigenvalue weighted by Crippen LogP contribution is -2.40. The first-order valence-corrected chi connectivity index (χ1v) is 15.3. The van der Waals surface area contributed by atoms with Crippen LogP contribution in [0.3, 0.4) is 0 Å². The Morgan fingerprint density at radius 2 is 0.976 bits per heavy atom. The Labute approximate surface area is 272 Å². The number of amides is 2. The number of hydrogen-bond donors (Lipinski definition) is 3. The van der Waals surface area contributed by atoms with Crippen molar-refractivity contribution in [2.24, 2.45) is 10.3 Å². The Morgan fingerprint density at radius 3 is 1.27 bits per heavy atom. The fourth-order valence-corrected chi connectivity index (χ4v) is 6.80. The van der Waals surface area contributed by atoms with E-state index < -0.39 is 0 Å². The number of oxime groups is 2. The SMILES string of the molecule is CO/N=C(\Cc1cc(Br)c(OC)c(Br)c1)C(=O)NCCNCCNC(=O)/C(Cc1cc(Br)c(OC)c(Br)c1)=N/OC. The first-order chi connectivity index (χ1) is 19.6. The maximum atomic E-state index is 12.7. The van der Waals surface area contributed by atoms with E-state index in [1.807, 2.05) is 24.3 Å². The molecule has 3 N–H and O–H groups in total. The number of nitrogens with one attached hydrogen (secondary N) is 3. The van der Waals surface area contributed by atoms with Gasteiger partial charge in [0, 0.05) is 39.0 Å². The fourth-order valence-electron chi connectivity index (χ4n) is 3.59. The van der Waals surface area contributed by atoms with Gasteiger partial charge in [0.05, 0.1) is 32.1 Å². The van der Waals surface area contributed by atoms with Crippen LogP contribution in [0.2, 0.25) is 0 Å². The van der Waals surface area contributed by atoms with Crippen molar-refractivity contribution in [1.82, 2.24) is 16.0 Å². The highest BCUT2D eigenvalue weighted by molar-refractivity contribution is 9.11. The molecule has 11 nitrogen and oxygen atoms in total. The molecule has 224 valence electrons. The van der Waals surface area contributed by atoms with Crippen LogP contribution < -0.4 is 25.4 Å². The minimum Gasteiger partial charge on any atom is -0.494 e. The first-order valence-electron chi connectivity index (χ1n) is 12.2. The summed E-state index contributed by atoms with van der Waals surface area (Å²) >= 11 is 13.9. The van der Waals surface area contributed by atoms with Gasteiger partial charge in [-0.2, -0.15) is 0 Å². The minimum atomic E-state index is -0.345. The van der Waals surface area contributed by atoms with Crippen LogP contribution in [0.4, 0.5) is 0 Å². The second-order valence-electron chi connectivity index (χ2n) is 8.24. The number of carbonyl (C=O) groups is 2. The molecule has 41 heavy (non-hydrogen) atoms. The molecule has 2 rings (SSSR count). The summed E-state index contributed by atoms with van der Waals surface area (Å²) < 4.78 is 13.6. The first kappa shape index (κ1) is 35.0. The Morgan fingerprint density at radius 1 is 0.634 bits per heavy atom.